The number of carboxylic acids is 1. The lowest BCUT2D eigenvalue weighted by Crippen LogP contribution is -2.42. The molecule has 0 aliphatic carbocycles. The van der Waals surface area contributed by atoms with Crippen molar-refractivity contribution in [1.29, 1.82) is 0 Å². The first kappa shape index (κ1) is 17.2. The van der Waals surface area contributed by atoms with Gasteiger partial charge in [-0.2, -0.15) is 0 Å². The van der Waals surface area contributed by atoms with E-state index in [0.29, 0.717) is 18.6 Å². The van der Waals surface area contributed by atoms with Crippen LogP contribution in [0.4, 0.5) is 0 Å². The average Bonchev–Trinajstić information content (AvgIpc) is 2.47. The van der Waals surface area contributed by atoms with Gasteiger partial charge in [0.15, 0.2) is 0 Å². The number of para-hydroxylation sites is 1. The number of allylic oxidation sites excluding steroid dienone is 1. The van der Waals surface area contributed by atoms with Gasteiger partial charge >= 0.3 is 5.97 Å². The number of aliphatic hydroxyl groups is 1. The van der Waals surface area contributed by atoms with E-state index in [2.05, 4.69) is 11.9 Å². The second-order valence-electron chi connectivity index (χ2n) is 4.77. The van der Waals surface area contributed by atoms with Crippen molar-refractivity contribution in [2.75, 3.05) is 13.2 Å². The number of ether oxygens (including phenoxy) is 1. The summed E-state index contributed by atoms with van der Waals surface area (Å²) in [5.74, 6) is -0.205. The van der Waals surface area contributed by atoms with E-state index < -0.39 is 18.1 Å². The number of aliphatic hydroxyl groups excluding tert-OH is 1. The summed E-state index contributed by atoms with van der Waals surface area (Å²) in [5.41, 5.74) is 1.00. The molecule has 5 heteroatoms. The fourth-order valence-electron chi connectivity index (χ4n) is 1.90. The van der Waals surface area contributed by atoms with Crippen LogP contribution >= 0.6 is 0 Å². The normalized spacial score (nSPS) is 13.4. The lowest BCUT2D eigenvalue weighted by molar-refractivity contribution is -0.139. The first-order chi connectivity index (χ1) is 10.1. The molecule has 0 aromatic heterocycles. The van der Waals surface area contributed by atoms with Crippen LogP contribution in [0.25, 0.3) is 0 Å². The lowest BCUT2D eigenvalue weighted by atomic mass is 10.1. The molecule has 0 spiro atoms. The molecule has 2 unspecified atom stereocenters. The number of hydrogen-bond donors (Lipinski definition) is 3. The Kier molecular flexibility index (Phi) is 7.50. The van der Waals surface area contributed by atoms with Crippen molar-refractivity contribution in [2.45, 2.75) is 31.9 Å². The Morgan fingerprint density at radius 2 is 2.19 bits per heavy atom. The maximum absolute atomic E-state index is 10.9. The topological polar surface area (TPSA) is 78.8 Å². The molecule has 3 N–H and O–H groups in total. The van der Waals surface area contributed by atoms with Crippen LogP contribution in [0.1, 0.15) is 18.9 Å². The Morgan fingerprint density at radius 3 is 2.81 bits per heavy atom. The molecule has 0 aliphatic heterocycles. The third-order valence-corrected chi connectivity index (χ3v) is 3.07. The molecule has 5 nitrogen and oxygen atoms in total. The fourth-order valence-corrected chi connectivity index (χ4v) is 1.90. The molecular weight excluding hydrogens is 270 g/mol. The highest BCUT2D eigenvalue weighted by Crippen LogP contribution is 2.18. The van der Waals surface area contributed by atoms with E-state index in [-0.39, 0.29) is 13.2 Å². The summed E-state index contributed by atoms with van der Waals surface area (Å²) in [6, 6.07) is 6.92. The predicted molar refractivity (Wildman–Crippen MR) is 81.6 cm³/mol. The van der Waals surface area contributed by atoms with Gasteiger partial charge in [-0.05, 0) is 24.5 Å². The highest BCUT2D eigenvalue weighted by atomic mass is 16.5. The summed E-state index contributed by atoms with van der Waals surface area (Å²) in [6.07, 6.45) is 2.18. The number of aliphatic carboxylic acids is 1. The molecular formula is C16H23NO4. The highest BCUT2D eigenvalue weighted by molar-refractivity contribution is 5.73. The monoisotopic (exact) mass is 293 g/mol. The maximum atomic E-state index is 10.9. The molecule has 0 heterocycles. The number of nitrogens with one attached hydrogen (secondary N) is 1. The van der Waals surface area contributed by atoms with Crippen LogP contribution in [-0.2, 0) is 11.2 Å². The largest absolute Gasteiger partial charge is 0.491 e. The first-order valence-corrected chi connectivity index (χ1v) is 7.04. The van der Waals surface area contributed by atoms with Crippen LogP contribution in [-0.4, -0.2) is 41.5 Å². The first-order valence-electron chi connectivity index (χ1n) is 7.04. The van der Waals surface area contributed by atoms with E-state index in [1.54, 1.807) is 13.0 Å². The van der Waals surface area contributed by atoms with E-state index in [1.165, 1.54) is 0 Å². The lowest BCUT2D eigenvalue weighted by Gasteiger charge is -2.17. The molecule has 0 aliphatic rings. The number of benzene rings is 1. The highest BCUT2D eigenvalue weighted by Gasteiger charge is 2.16. The van der Waals surface area contributed by atoms with Crippen LogP contribution < -0.4 is 10.1 Å². The van der Waals surface area contributed by atoms with Gasteiger partial charge in [0.2, 0.25) is 0 Å². The van der Waals surface area contributed by atoms with Crippen molar-refractivity contribution in [1.82, 2.24) is 5.32 Å². The van der Waals surface area contributed by atoms with Crippen molar-refractivity contribution < 1.29 is 19.7 Å². The minimum absolute atomic E-state index is 0.108. The molecule has 1 rings (SSSR count). The van der Waals surface area contributed by atoms with Gasteiger partial charge in [0.05, 0.1) is 0 Å². The van der Waals surface area contributed by atoms with Gasteiger partial charge in [0.25, 0.3) is 0 Å². The molecule has 1 aromatic rings. The van der Waals surface area contributed by atoms with Gasteiger partial charge in [0.1, 0.15) is 24.5 Å². The minimum atomic E-state index is -0.915. The summed E-state index contributed by atoms with van der Waals surface area (Å²) in [5, 5.41) is 21.6. The molecule has 0 radical (unpaired) electrons. The van der Waals surface area contributed by atoms with Crippen molar-refractivity contribution >= 4 is 5.97 Å². The molecule has 0 amide bonds. The van der Waals surface area contributed by atoms with Crippen LogP contribution in [0.15, 0.2) is 36.9 Å². The van der Waals surface area contributed by atoms with E-state index in [4.69, 9.17) is 9.84 Å². The summed E-state index contributed by atoms with van der Waals surface area (Å²) in [7, 11) is 0. The molecule has 0 saturated carbocycles. The zero-order chi connectivity index (χ0) is 15.7. The van der Waals surface area contributed by atoms with Gasteiger partial charge in [-0.1, -0.05) is 31.2 Å². The Hall–Kier alpha value is -1.85. The number of hydrogen-bond acceptors (Lipinski definition) is 4. The summed E-state index contributed by atoms with van der Waals surface area (Å²) in [6.45, 7) is 5.76. The molecule has 21 heavy (non-hydrogen) atoms. The Labute approximate surface area is 125 Å². The molecule has 2 atom stereocenters. The van der Waals surface area contributed by atoms with E-state index in [0.717, 1.165) is 5.56 Å². The third-order valence-electron chi connectivity index (χ3n) is 3.07. The molecule has 0 fully saturated rings. The van der Waals surface area contributed by atoms with Crippen molar-refractivity contribution in [2.24, 2.45) is 0 Å². The van der Waals surface area contributed by atoms with E-state index in [1.807, 2.05) is 24.3 Å². The second-order valence-corrected chi connectivity index (χ2v) is 4.77. The standard InChI is InChI=1S/C16H23NO4/c1-3-7-12-8-5-6-9-15(12)21-11-13(18)10-17-14(4-2)16(19)20/h3,5-6,8-9,13-14,17-18H,1,4,7,10-11H2,2H3,(H,19,20). The molecule has 0 bridgehead atoms. The number of rotatable bonds is 10. The Balaban J connectivity index is 2.44. The van der Waals surface area contributed by atoms with Gasteiger partial charge in [-0.25, -0.2) is 0 Å². The van der Waals surface area contributed by atoms with Crippen molar-refractivity contribution in [3.63, 3.8) is 0 Å². The predicted octanol–water partition coefficient (Wildman–Crippen LogP) is 1.61. The van der Waals surface area contributed by atoms with Gasteiger partial charge < -0.3 is 20.3 Å². The summed E-state index contributed by atoms with van der Waals surface area (Å²) < 4.78 is 5.59. The Morgan fingerprint density at radius 1 is 1.48 bits per heavy atom. The van der Waals surface area contributed by atoms with Gasteiger partial charge in [0, 0.05) is 6.54 Å². The van der Waals surface area contributed by atoms with Crippen molar-refractivity contribution in [3.05, 3.63) is 42.5 Å². The quantitative estimate of drug-likeness (QED) is 0.571. The van der Waals surface area contributed by atoms with E-state index >= 15 is 0 Å². The molecule has 116 valence electrons. The minimum Gasteiger partial charge on any atom is -0.491 e. The van der Waals surface area contributed by atoms with Crippen LogP contribution in [0.5, 0.6) is 5.75 Å². The zero-order valence-electron chi connectivity index (χ0n) is 12.3. The van der Waals surface area contributed by atoms with E-state index in [9.17, 15) is 9.90 Å². The Bertz CT molecular complexity index is 461. The molecule has 1 aromatic carbocycles. The maximum Gasteiger partial charge on any atom is 0.320 e. The second kappa shape index (κ2) is 9.15. The van der Waals surface area contributed by atoms with Gasteiger partial charge in [-0.3, -0.25) is 4.79 Å². The zero-order valence-corrected chi connectivity index (χ0v) is 12.3. The van der Waals surface area contributed by atoms with Gasteiger partial charge in [-0.15, -0.1) is 6.58 Å². The summed E-state index contributed by atoms with van der Waals surface area (Å²) in [4.78, 5) is 10.9. The average molecular weight is 293 g/mol. The van der Waals surface area contributed by atoms with Crippen LogP contribution in [0.3, 0.4) is 0 Å². The van der Waals surface area contributed by atoms with Crippen LogP contribution in [0, 0.1) is 0 Å². The SMILES string of the molecule is C=CCc1ccccc1OCC(O)CNC(CC)C(=O)O. The van der Waals surface area contributed by atoms with Crippen molar-refractivity contribution in [3.8, 4) is 5.75 Å². The number of carbonyl (C=O) groups is 1. The smallest absolute Gasteiger partial charge is 0.320 e. The third kappa shape index (κ3) is 5.97. The molecule has 0 saturated heterocycles. The van der Waals surface area contributed by atoms with Crippen LogP contribution in [0.2, 0.25) is 0 Å². The number of carboxylic acid groups (broad SMARTS) is 1. The summed E-state index contributed by atoms with van der Waals surface area (Å²) >= 11 is 0. The fraction of sp³-hybridized carbons (Fsp3) is 0.438.